The van der Waals surface area contributed by atoms with Gasteiger partial charge in [-0.1, -0.05) is 28.8 Å². The van der Waals surface area contributed by atoms with Gasteiger partial charge in [-0.15, -0.1) is 5.10 Å². The molecule has 0 aliphatic rings. The Morgan fingerprint density at radius 3 is 2.59 bits per heavy atom. The van der Waals surface area contributed by atoms with Crippen LogP contribution in [0.25, 0.3) is 0 Å². The molecule has 0 saturated carbocycles. The molecule has 1 heterocycles. The van der Waals surface area contributed by atoms with Crippen LogP contribution in [0.2, 0.25) is 5.02 Å². The number of hydrogen-bond donors (Lipinski definition) is 1. The number of hydrogen-bond acceptors (Lipinski definition) is 7. The quantitative estimate of drug-likeness (QED) is 0.801. The van der Waals surface area contributed by atoms with Gasteiger partial charge < -0.3 is 4.42 Å². The van der Waals surface area contributed by atoms with Crippen molar-refractivity contribution in [3.63, 3.8) is 0 Å². The summed E-state index contributed by atoms with van der Waals surface area (Å²) in [7, 11) is -7.28. The highest BCUT2D eigenvalue weighted by molar-refractivity contribution is 7.90. The summed E-state index contributed by atoms with van der Waals surface area (Å²) in [6.45, 7) is -0.279. The molecule has 2 rings (SSSR count). The van der Waals surface area contributed by atoms with Gasteiger partial charge in [0.15, 0.2) is 0 Å². The summed E-state index contributed by atoms with van der Waals surface area (Å²) in [5.74, 6) is -0.496. The first-order valence-corrected chi connectivity index (χ1v) is 9.82. The largest absolute Gasteiger partial charge is 0.411 e. The molecule has 0 bridgehead atoms. The van der Waals surface area contributed by atoms with Gasteiger partial charge in [0.25, 0.3) is 0 Å². The Hall–Kier alpha value is -1.49. The van der Waals surface area contributed by atoms with Gasteiger partial charge in [0.2, 0.25) is 25.8 Å². The van der Waals surface area contributed by atoms with E-state index in [-0.39, 0.29) is 18.2 Å². The van der Waals surface area contributed by atoms with Crippen molar-refractivity contribution in [3.8, 4) is 0 Å². The molecule has 0 unspecified atom stereocenters. The Kier molecular flexibility index (Phi) is 4.85. The molecule has 0 saturated heterocycles. The fraction of sp³-hybridized carbons (Fsp3) is 0.273. The van der Waals surface area contributed by atoms with Crippen molar-refractivity contribution in [2.24, 2.45) is 0 Å². The van der Waals surface area contributed by atoms with Crippen LogP contribution in [0.4, 0.5) is 0 Å². The predicted molar refractivity (Wildman–Crippen MR) is 78.3 cm³/mol. The fourth-order valence-electron chi connectivity index (χ4n) is 1.54. The molecule has 0 radical (unpaired) electrons. The highest BCUT2D eigenvalue weighted by Crippen LogP contribution is 2.18. The Balaban J connectivity index is 2.15. The average Bonchev–Trinajstić information content (AvgIpc) is 2.84. The normalized spacial score (nSPS) is 12.5. The number of aromatic nitrogens is 2. The van der Waals surface area contributed by atoms with Crippen molar-refractivity contribution >= 4 is 31.5 Å². The molecule has 22 heavy (non-hydrogen) atoms. The monoisotopic (exact) mass is 365 g/mol. The van der Waals surface area contributed by atoms with Crippen LogP contribution < -0.4 is 4.72 Å². The molecule has 8 nitrogen and oxygen atoms in total. The molecular formula is C11H12ClN3O5S2. The third kappa shape index (κ3) is 4.77. The van der Waals surface area contributed by atoms with E-state index in [1.54, 1.807) is 18.2 Å². The molecule has 0 aliphatic heterocycles. The average molecular weight is 366 g/mol. The molecule has 11 heteroatoms. The minimum atomic E-state index is -3.84. The summed E-state index contributed by atoms with van der Waals surface area (Å²) in [5.41, 5.74) is 0.474. The molecular weight excluding hydrogens is 354 g/mol. The van der Waals surface area contributed by atoms with E-state index < -0.39 is 25.1 Å². The van der Waals surface area contributed by atoms with E-state index in [9.17, 15) is 16.8 Å². The zero-order valence-corrected chi connectivity index (χ0v) is 13.7. The van der Waals surface area contributed by atoms with Crippen molar-refractivity contribution in [1.29, 1.82) is 0 Å². The van der Waals surface area contributed by atoms with Crippen molar-refractivity contribution < 1.29 is 21.3 Å². The number of sulfonamides is 1. The summed E-state index contributed by atoms with van der Waals surface area (Å²) in [6, 6.07) is 6.37. The lowest BCUT2D eigenvalue weighted by molar-refractivity contribution is 0.393. The molecule has 2 aromatic rings. The van der Waals surface area contributed by atoms with Gasteiger partial charge >= 0.3 is 5.22 Å². The zero-order chi connectivity index (χ0) is 16.4. The van der Waals surface area contributed by atoms with E-state index in [2.05, 4.69) is 14.9 Å². The van der Waals surface area contributed by atoms with Gasteiger partial charge in [0, 0.05) is 5.02 Å². The minimum absolute atomic E-state index is 0.143. The molecule has 120 valence electrons. The van der Waals surface area contributed by atoms with Crippen LogP contribution in [0.3, 0.4) is 0 Å². The number of sulfone groups is 1. The van der Waals surface area contributed by atoms with Crippen LogP contribution in [0.5, 0.6) is 0 Å². The van der Waals surface area contributed by atoms with Gasteiger partial charge in [-0.25, -0.2) is 21.6 Å². The van der Waals surface area contributed by atoms with Crippen LogP contribution in [0.15, 0.2) is 33.9 Å². The topological polar surface area (TPSA) is 119 Å². The summed E-state index contributed by atoms with van der Waals surface area (Å²) < 4.78 is 53.3. The first-order chi connectivity index (χ1) is 10.2. The number of halogens is 1. The van der Waals surface area contributed by atoms with E-state index in [1.165, 1.54) is 6.07 Å². The van der Waals surface area contributed by atoms with Crippen LogP contribution in [-0.4, -0.2) is 33.3 Å². The maximum atomic E-state index is 12.1. The molecule has 0 atom stereocenters. The van der Waals surface area contributed by atoms with Crippen LogP contribution in [0.1, 0.15) is 11.5 Å². The number of benzene rings is 1. The Bertz CT molecular complexity index is 877. The third-order valence-corrected chi connectivity index (χ3v) is 4.76. The summed E-state index contributed by atoms with van der Waals surface area (Å²) >= 11 is 5.80. The van der Waals surface area contributed by atoms with Gasteiger partial charge in [0.1, 0.15) is 0 Å². The number of nitrogens with one attached hydrogen (secondary N) is 1. The van der Waals surface area contributed by atoms with E-state index in [1.807, 2.05) is 0 Å². The summed E-state index contributed by atoms with van der Waals surface area (Å²) in [4.78, 5) is 0. The SMILES string of the molecule is CS(=O)(=O)NCc1nnc(S(=O)(=O)Cc2cccc(Cl)c2)o1. The second-order valence-electron chi connectivity index (χ2n) is 4.44. The molecule has 0 fully saturated rings. The lowest BCUT2D eigenvalue weighted by Crippen LogP contribution is -2.21. The molecule has 0 amide bonds. The van der Waals surface area contributed by atoms with E-state index in [0.717, 1.165) is 6.26 Å². The molecule has 0 aliphatic carbocycles. The molecule has 1 aromatic carbocycles. The zero-order valence-electron chi connectivity index (χ0n) is 11.4. The summed E-state index contributed by atoms with van der Waals surface area (Å²) in [6.07, 6.45) is 0.958. The molecule has 1 N–H and O–H groups in total. The second kappa shape index (κ2) is 6.32. The Morgan fingerprint density at radius 2 is 1.95 bits per heavy atom. The van der Waals surface area contributed by atoms with Gasteiger partial charge in [0.05, 0.1) is 18.6 Å². The lowest BCUT2D eigenvalue weighted by atomic mass is 10.2. The second-order valence-corrected chi connectivity index (χ2v) is 8.58. The lowest BCUT2D eigenvalue weighted by Gasteiger charge is -2.01. The fourth-order valence-corrected chi connectivity index (χ4v) is 3.26. The van der Waals surface area contributed by atoms with Crippen molar-refractivity contribution in [2.45, 2.75) is 17.5 Å². The Labute approximate surface area is 132 Å². The van der Waals surface area contributed by atoms with E-state index in [4.69, 9.17) is 16.0 Å². The highest BCUT2D eigenvalue weighted by Gasteiger charge is 2.23. The predicted octanol–water partition coefficient (Wildman–Crippen LogP) is 0.746. The van der Waals surface area contributed by atoms with Crippen LogP contribution in [-0.2, 0) is 32.2 Å². The maximum absolute atomic E-state index is 12.1. The van der Waals surface area contributed by atoms with E-state index in [0.29, 0.717) is 10.6 Å². The smallest absolute Gasteiger partial charge is 0.335 e. The van der Waals surface area contributed by atoms with Crippen molar-refractivity contribution in [3.05, 3.63) is 40.7 Å². The first-order valence-electron chi connectivity index (χ1n) is 5.90. The summed E-state index contributed by atoms with van der Waals surface area (Å²) in [5, 5.41) is 6.77. The van der Waals surface area contributed by atoms with Crippen LogP contribution >= 0.6 is 11.6 Å². The third-order valence-electron chi connectivity index (χ3n) is 2.45. The van der Waals surface area contributed by atoms with Gasteiger partial charge in [-0.05, 0) is 17.7 Å². The minimum Gasteiger partial charge on any atom is -0.411 e. The van der Waals surface area contributed by atoms with E-state index >= 15 is 0 Å². The molecule has 0 spiro atoms. The Morgan fingerprint density at radius 1 is 1.23 bits per heavy atom. The van der Waals surface area contributed by atoms with Crippen LogP contribution in [0, 0.1) is 0 Å². The number of rotatable bonds is 6. The van der Waals surface area contributed by atoms with Crippen molar-refractivity contribution in [1.82, 2.24) is 14.9 Å². The molecule has 1 aromatic heterocycles. The van der Waals surface area contributed by atoms with Gasteiger partial charge in [-0.2, -0.15) is 0 Å². The maximum Gasteiger partial charge on any atom is 0.335 e. The van der Waals surface area contributed by atoms with Gasteiger partial charge in [-0.3, -0.25) is 0 Å². The standard InChI is InChI=1S/C11H12ClN3O5S2/c1-21(16,17)13-6-10-14-15-11(20-10)22(18,19)7-8-3-2-4-9(12)5-8/h2-5,13H,6-7H2,1H3. The highest BCUT2D eigenvalue weighted by atomic mass is 35.5. The first kappa shape index (κ1) is 16.9. The van der Waals surface area contributed by atoms with Crippen molar-refractivity contribution in [2.75, 3.05) is 6.26 Å². The number of nitrogens with zero attached hydrogens (tertiary/aromatic N) is 2.